The van der Waals surface area contributed by atoms with Gasteiger partial charge in [0.2, 0.25) is 0 Å². The first-order valence-electron chi connectivity index (χ1n) is 6.21. The van der Waals surface area contributed by atoms with Gasteiger partial charge in [-0.25, -0.2) is 4.39 Å². The molecule has 1 saturated carbocycles. The molecule has 0 aliphatic heterocycles. The first-order chi connectivity index (χ1) is 8.00. The zero-order valence-corrected chi connectivity index (χ0v) is 11.1. The fourth-order valence-corrected chi connectivity index (χ4v) is 2.79. The SMILES string of the molecule is CC1(C)CCCCC1Nc1c(F)cccc1Cl. The van der Waals surface area contributed by atoms with Gasteiger partial charge < -0.3 is 5.32 Å². The molecule has 0 radical (unpaired) electrons. The molecular weight excluding hydrogens is 237 g/mol. The molecule has 3 heteroatoms. The van der Waals surface area contributed by atoms with E-state index in [4.69, 9.17) is 11.6 Å². The number of benzene rings is 1. The summed E-state index contributed by atoms with van der Waals surface area (Å²) in [5.41, 5.74) is 0.651. The summed E-state index contributed by atoms with van der Waals surface area (Å²) in [5.74, 6) is -0.265. The molecule has 1 aromatic rings. The first kappa shape index (κ1) is 12.7. The third-order valence-electron chi connectivity index (χ3n) is 3.79. The highest BCUT2D eigenvalue weighted by Crippen LogP contribution is 2.38. The van der Waals surface area contributed by atoms with Crippen molar-refractivity contribution in [3.63, 3.8) is 0 Å². The van der Waals surface area contributed by atoms with E-state index in [9.17, 15) is 4.39 Å². The predicted molar refractivity (Wildman–Crippen MR) is 71.1 cm³/mol. The van der Waals surface area contributed by atoms with Crippen LogP contribution >= 0.6 is 11.6 Å². The molecule has 94 valence electrons. The molecule has 0 aromatic heterocycles. The van der Waals surface area contributed by atoms with Crippen molar-refractivity contribution in [2.24, 2.45) is 5.41 Å². The van der Waals surface area contributed by atoms with Gasteiger partial charge in [-0.05, 0) is 30.4 Å². The Bertz CT molecular complexity index is 383. The maximum atomic E-state index is 13.7. The van der Waals surface area contributed by atoms with Gasteiger partial charge in [0.1, 0.15) is 5.82 Å². The number of rotatable bonds is 2. The normalized spacial score (nSPS) is 23.4. The molecular formula is C14H19ClFN. The van der Waals surface area contributed by atoms with E-state index in [-0.39, 0.29) is 11.2 Å². The smallest absolute Gasteiger partial charge is 0.147 e. The summed E-state index contributed by atoms with van der Waals surface area (Å²) in [4.78, 5) is 0. The summed E-state index contributed by atoms with van der Waals surface area (Å²) in [7, 11) is 0. The Morgan fingerprint density at radius 3 is 2.76 bits per heavy atom. The molecule has 1 aliphatic carbocycles. The zero-order chi connectivity index (χ0) is 12.5. The summed E-state index contributed by atoms with van der Waals surface area (Å²) in [6.07, 6.45) is 4.72. The van der Waals surface area contributed by atoms with Crippen molar-refractivity contribution in [1.82, 2.24) is 0 Å². The molecule has 0 saturated heterocycles. The van der Waals surface area contributed by atoms with Crippen LogP contribution < -0.4 is 5.32 Å². The Hall–Kier alpha value is -0.760. The Morgan fingerprint density at radius 2 is 2.12 bits per heavy atom. The molecule has 0 heterocycles. The van der Waals surface area contributed by atoms with Gasteiger partial charge in [-0.3, -0.25) is 0 Å². The molecule has 1 unspecified atom stereocenters. The number of halogens is 2. The monoisotopic (exact) mass is 255 g/mol. The van der Waals surface area contributed by atoms with Crippen molar-refractivity contribution in [1.29, 1.82) is 0 Å². The maximum Gasteiger partial charge on any atom is 0.147 e. The van der Waals surface area contributed by atoms with Gasteiger partial charge in [-0.15, -0.1) is 0 Å². The van der Waals surface area contributed by atoms with Crippen LogP contribution in [0.1, 0.15) is 39.5 Å². The van der Waals surface area contributed by atoms with Crippen LogP contribution in [0, 0.1) is 11.2 Å². The van der Waals surface area contributed by atoms with E-state index < -0.39 is 0 Å². The lowest BCUT2D eigenvalue weighted by Crippen LogP contribution is -2.39. The van der Waals surface area contributed by atoms with E-state index in [0.29, 0.717) is 16.8 Å². The lowest BCUT2D eigenvalue weighted by Gasteiger charge is -2.39. The van der Waals surface area contributed by atoms with Crippen molar-refractivity contribution < 1.29 is 4.39 Å². The average Bonchev–Trinajstić information content (AvgIpc) is 2.25. The van der Waals surface area contributed by atoms with Gasteiger partial charge >= 0.3 is 0 Å². The van der Waals surface area contributed by atoms with E-state index in [1.165, 1.54) is 25.3 Å². The minimum atomic E-state index is -0.265. The van der Waals surface area contributed by atoms with Gasteiger partial charge in [-0.2, -0.15) is 0 Å². The summed E-state index contributed by atoms with van der Waals surface area (Å²) in [6.45, 7) is 4.47. The van der Waals surface area contributed by atoms with Crippen LogP contribution in [0.3, 0.4) is 0 Å². The quantitative estimate of drug-likeness (QED) is 0.796. The lowest BCUT2D eigenvalue weighted by atomic mass is 9.73. The van der Waals surface area contributed by atoms with Crippen molar-refractivity contribution in [3.05, 3.63) is 29.0 Å². The second kappa shape index (κ2) is 4.85. The largest absolute Gasteiger partial charge is 0.378 e. The molecule has 1 aromatic carbocycles. The van der Waals surface area contributed by atoms with E-state index in [0.717, 1.165) is 6.42 Å². The van der Waals surface area contributed by atoms with E-state index in [1.807, 2.05) is 0 Å². The highest BCUT2D eigenvalue weighted by Gasteiger charge is 2.32. The second-order valence-corrected chi connectivity index (χ2v) is 5.94. The molecule has 1 N–H and O–H groups in total. The summed E-state index contributed by atoms with van der Waals surface area (Å²) in [6, 6.07) is 5.10. The van der Waals surface area contributed by atoms with Crippen LogP contribution in [-0.2, 0) is 0 Å². The highest BCUT2D eigenvalue weighted by atomic mass is 35.5. The maximum absolute atomic E-state index is 13.7. The van der Waals surface area contributed by atoms with Crippen molar-refractivity contribution in [3.8, 4) is 0 Å². The Balaban J connectivity index is 2.20. The standard InChI is InChI=1S/C14H19ClFN/c1-14(2)9-4-3-8-12(14)17-13-10(15)6-5-7-11(13)16/h5-7,12,17H,3-4,8-9H2,1-2H3. The topological polar surface area (TPSA) is 12.0 Å². The number of hydrogen-bond donors (Lipinski definition) is 1. The van der Waals surface area contributed by atoms with E-state index in [1.54, 1.807) is 12.1 Å². The molecule has 1 fully saturated rings. The zero-order valence-electron chi connectivity index (χ0n) is 10.4. The number of para-hydroxylation sites is 1. The Morgan fingerprint density at radius 1 is 1.35 bits per heavy atom. The molecule has 0 spiro atoms. The number of nitrogens with one attached hydrogen (secondary N) is 1. The van der Waals surface area contributed by atoms with E-state index >= 15 is 0 Å². The predicted octanol–water partition coefficient (Wildman–Crippen LogP) is 4.86. The second-order valence-electron chi connectivity index (χ2n) is 5.53. The van der Waals surface area contributed by atoms with Crippen molar-refractivity contribution in [2.75, 3.05) is 5.32 Å². The van der Waals surface area contributed by atoms with Crippen LogP contribution in [0.15, 0.2) is 18.2 Å². The molecule has 2 rings (SSSR count). The third-order valence-corrected chi connectivity index (χ3v) is 4.10. The fourth-order valence-electron chi connectivity index (χ4n) is 2.57. The van der Waals surface area contributed by atoms with Gasteiger partial charge in [0.05, 0.1) is 10.7 Å². The van der Waals surface area contributed by atoms with Crippen LogP contribution in [0.25, 0.3) is 0 Å². The van der Waals surface area contributed by atoms with Gasteiger partial charge in [0.25, 0.3) is 0 Å². The molecule has 0 bridgehead atoms. The summed E-state index contributed by atoms with van der Waals surface area (Å²) in [5, 5.41) is 3.76. The van der Waals surface area contributed by atoms with Gasteiger partial charge in [0.15, 0.2) is 0 Å². The van der Waals surface area contributed by atoms with Crippen LogP contribution in [0.2, 0.25) is 5.02 Å². The molecule has 1 atom stereocenters. The summed E-state index contributed by atoms with van der Waals surface area (Å²) < 4.78 is 13.7. The van der Waals surface area contributed by atoms with E-state index in [2.05, 4.69) is 19.2 Å². The van der Waals surface area contributed by atoms with Gasteiger partial charge in [-0.1, -0.05) is 44.4 Å². The van der Waals surface area contributed by atoms with Crippen molar-refractivity contribution >= 4 is 17.3 Å². The molecule has 17 heavy (non-hydrogen) atoms. The molecule has 0 amide bonds. The Kier molecular flexibility index (Phi) is 3.62. The van der Waals surface area contributed by atoms with Crippen molar-refractivity contribution in [2.45, 2.75) is 45.6 Å². The van der Waals surface area contributed by atoms with Crippen LogP contribution in [0.5, 0.6) is 0 Å². The number of anilines is 1. The number of hydrogen-bond acceptors (Lipinski definition) is 1. The third kappa shape index (κ3) is 2.74. The Labute approximate surface area is 107 Å². The summed E-state index contributed by atoms with van der Waals surface area (Å²) >= 11 is 6.04. The highest BCUT2D eigenvalue weighted by molar-refractivity contribution is 6.33. The lowest BCUT2D eigenvalue weighted by molar-refractivity contribution is 0.216. The molecule has 1 nitrogen and oxygen atoms in total. The minimum Gasteiger partial charge on any atom is -0.378 e. The fraction of sp³-hybridized carbons (Fsp3) is 0.571. The first-order valence-corrected chi connectivity index (χ1v) is 6.59. The minimum absolute atomic E-state index is 0.198. The molecule has 1 aliphatic rings. The van der Waals surface area contributed by atoms with Crippen LogP contribution in [-0.4, -0.2) is 6.04 Å². The van der Waals surface area contributed by atoms with Crippen LogP contribution in [0.4, 0.5) is 10.1 Å². The van der Waals surface area contributed by atoms with Gasteiger partial charge in [0, 0.05) is 6.04 Å². The average molecular weight is 256 g/mol.